The predicted octanol–water partition coefficient (Wildman–Crippen LogP) is 1.95. The summed E-state index contributed by atoms with van der Waals surface area (Å²) in [5.74, 6) is 0. The molecule has 1 aliphatic heterocycles. The second-order valence-corrected chi connectivity index (χ2v) is 3.57. The van der Waals surface area contributed by atoms with Gasteiger partial charge < -0.3 is 5.73 Å². The van der Waals surface area contributed by atoms with Crippen LogP contribution in [-0.4, -0.2) is 5.25 Å². The minimum atomic E-state index is 0.449. The standard InChI is InChI=1S/C9H9NS/c10-8-5-6-11-9-4-2-1-3-7(8)9/h1-6,9H,10H2. The molecular formula is C9H9NS. The van der Waals surface area contributed by atoms with Crippen LogP contribution in [0.4, 0.5) is 0 Å². The summed E-state index contributed by atoms with van der Waals surface area (Å²) in [6.07, 6.45) is 10.3. The van der Waals surface area contributed by atoms with Gasteiger partial charge in [0.1, 0.15) is 0 Å². The van der Waals surface area contributed by atoms with Crippen LogP contribution in [0.15, 0.2) is 47.1 Å². The summed E-state index contributed by atoms with van der Waals surface area (Å²) in [6, 6.07) is 0. The summed E-state index contributed by atoms with van der Waals surface area (Å²) in [6.45, 7) is 0. The third-order valence-electron chi connectivity index (χ3n) is 1.79. The van der Waals surface area contributed by atoms with Gasteiger partial charge >= 0.3 is 0 Å². The zero-order valence-corrected chi connectivity index (χ0v) is 6.84. The van der Waals surface area contributed by atoms with Crippen molar-refractivity contribution in [3.63, 3.8) is 0 Å². The first-order valence-corrected chi connectivity index (χ1v) is 4.49. The molecule has 1 aliphatic carbocycles. The van der Waals surface area contributed by atoms with E-state index in [1.54, 1.807) is 11.8 Å². The van der Waals surface area contributed by atoms with Crippen molar-refractivity contribution >= 4 is 11.8 Å². The molecule has 0 aromatic rings. The van der Waals surface area contributed by atoms with E-state index in [0.717, 1.165) is 5.70 Å². The first-order valence-electron chi connectivity index (χ1n) is 3.54. The SMILES string of the molecule is NC1=C2C=CC=CC2SC=C1. The van der Waals surface area contributed by atoms with Gasteiger partial charge in [-0.15, -0.1) is 11.8 Å². The fraction of sp³-hybridized carbons (Fsp3) is 0.111. The highest BCUT2D eigenvalue weighted by atomic mass is 32.2. The predicted molar refractivity (Wildman–Crippen MR) is 50.0 cm³/mol. The Labute approximate surface area is 70.4 Å². The lowest BCUT2D eigenvalue weighted by atomic mass is 10.0. The molecule has 56 valence electrons. The fourth-order valence-electron chi connectivity index (χ4n) is 1.20. The number of nitrogens with two attached hydrogens (primary N) is 1. The summed E-state index contributed by atoms with van der Waals surface area (Å²) >= 11 is 1.79. The van der Waals surface area contributed by atoms with Gasteiger partial charge in [-0.3, -0.25) is 0 Å². The number of fused-ring (bicyclic) bond motifs is 1. The van der Waals surface area contributed by atoms with Crippen LogP contribution in [-0.2, 0) is 0 Å². The maximum atomic E-state index is 5.78. The Morgan fingerprint density at radius 3 is 3.00 bits per heavy atom. The van der Waals surface area contributed by atoms with Crippen molar-refractivity contribution in [2.75, 3.05) is 0 Å². The lowest BCUT2D eigenvalue weighted by Crippen LogP contribution is -2.12. The Kier molecular flexibility index (Phi) is 1.62. The van der Waals surface area contributed by atoms with Gasteiger partial charge in [-0.05, 0) is 17.1 Å². The van der Waals surface area contributed by atoms with Gasteiger partial charge in [0.15, 0.2) is 0 Å². The van der Waals surface area contributed by atoms with Crippen LogP contribution in [0.3, 0.4) is 0 Å². The summed E-state index contributed by atoms with van der Waals surface area (Å²) < 4.78 is 0. The van der Waals surface area contributed by atoms with Crippen molar-refractivity contribution in [1.29, 1.82) is 0 Å². The molecule has 0 aromatic carbocycles. The first-order chi connectivity index (χ1) is 5.38. The number of allylic oxidation sites excluding steroid dienone is 4. The van der Waals surface area contributed by atoms with Gasteiger partial charge in [0, 0.05) is 5.70 Å². The molecule has 1 heterocycles. The van der Waals surface area contributed by atoms with Crippen LogP contribution in [0, 0.1) is 0 Å². The molecule has 0 saturated heterocycles. The van der Waals surface area contributed by atoms with Crippen molar-refractivity contribution in [1.82, 2.24) is 0 Å². The normalized spacial score (nSPS) is 27.5. The van der Waals surface area contributed by atoms with Gasteiger partial charge in [-0.25, -0.2) is 0 Å². The number of rotatable bonds is 0. The molecule has 0 amide bonds. The van der Waals surface area contributed by atoms with Crippen LogP contribution in [0.2, 0.25) is 0 Å². The van der Waals surface area contributed by atoms with Crippen LogP contribution < -0.4 is 5.73 Å². The smallest absolute Gasteiger partial charge is 0.0541 e. The largest absolute Gasteiger partial charge is 0.398 e. The molecule has 0 radical (unpaired) electrons. The van der Waals surface area contributed by atoms with E-state index in [-0.39, 0.29) is 0 Å². The Morgan fingerprint density at radius 2 is 2.18 bits per heavy atom. The number of thioether (sulfide) groups is 1. The summed E-state index contributed by atoms with van der Waals surface area (Å²) in [5, 5.41) is 2.50. The van der Waals surface area contributed by atoms with E-state index in [9.17, 15) is 0 Å². The second-order valence-electron chi connectivity index (χ2n) is 2.51. The summed E-state index contributed by atoms with van der Waals surface area (Å²) in [7, 11) is 0. The van der Waals surface area contributed by atoms with Gasteiger partial charge in [0.2, 0.25) is 0 Å². The minimum Gasteiger partial charge on any atom is -0.398 e. The molecular weight excluding hydrogens is 154 g/mol. The average molecular weight is 163 g/mol. The van der Waals surface area contributed by atoms with E-state index in [0.29, 0.717) is 5.25 Å². The minimum absolute atomic E-state index is 0.449. The quantitative estimate of drug-likeness (QED) is 0.590. The topological polar surface area (TPSA) is 26.0 Å². The molecule has 0 aromatic heterocycles. The van der Waals surface area contributed by atoms with Gasteiger partial charge in [-0.2, -0.15) is 0 Å². The molecule has 1 nitrogen and oxygen atoms in total. The monoisotopic (exact) mass is 163 g/mol. The summed E-state index contributed by atoms with van der Waals surface area (Å²) in [4.78, 5) is 0. The molecule has 1 unspecified atom stereocenters. The lowest BCUT2D eigenvalue weighted by Gasteiger charge is -2.19. The highest BCUT2D eigenvalue weighted by Crippen LogP contribution is 2.30. The number of hydrogen-bond acceptors (Lipinski definition) is 2. The first kappa shape index (κ1) is 6.80. The van der Waals surface area contributed by atoms with Crippen LogP contribution in [0.5, 0.6) is 0 Å². The number of hydrogen-bond donors (Lipinski definition) is 1. The third-order valence-corrected chi connectivity index (χ3v) is 2.78. The van der Waals surface area contributed by atoms with E-state index in [2.05, 4.69) is 18.2 Å². The molecule has 2 aliphatic rings. The van der Waals surface area contributed by atoms with Crippen LogP contribution in [0.1, 0.15) is 0 Å². The van der Waals surface area contributed by atoms with Crippen LogP contribution in [0.25, 0.3) is 0 Å². The zero-order chi connectivity index (χ0) is 7.68. The van der Waals surface area contributed by atoms with E-state index in [1.807, 2.05) is 17.6 Å². The Morgan fingerprint density at radius 1 is 1.27 bits per heavy atom. The van der Waals surface area contributed by atoms with E-state index in [4.69, 9.17) is 5.73 Å². The van der Waals surface area contributed by atoms with Gasteiger partial charge in [0.25, 0.3) is 0 Å². The molecule has 2 N–H and O–H groups in total. The molecule has 1 atom stereocenters. The average Bonchev–Trinajstić information content (AvgIpc) is 2.06. The fourth-order valence-corrected chi connectivity index (χ4v) is 2.13. The second kappa shape index (κ2) is 2.62. The van der Waals surface area contributed by atoms with Crippen molar-refractivity contribution < 1.29 is 0 Å². The molecule has 0 fully saturated rings. The highest BCUT2D eigenvalue weighted by molar-refractivity contribution is 8.03. The van der Waals surface area contributed by atoms with Gasteiger partial charge in [-0.1, -0.05) is 24.3 Å². The van der Waals surface area contributed by atoms with Gasteiger partial charge in [0.05, 0.1) is 5.25 Å². The maximum Gasteiger partial charge on any atom is 0.0541 e. The third kappa shape index (κ3) is 1.14. The molecule has 0 spiro atoms. The molecule has 0 bridgehead atoms. The Bertz CT molecular complexity index is 284. The Balaban J connectivity index is 2.43. The lowest BCUT2D eigenvalue weighted by molar-refractivity contribution is 1.20. The Hall–Kier alpha value is -0.890. The van der Waals surface area contributed by atoms with Crippen molar-refractivity contribution in [3.8, 4) is 0 Å². The summed E-state index contributed by atoms with van der Waals surface area (Å²) in [5.41, 5.74) is 7.92. The maximum absolute atomic E-state index is 5.78. The molecule has 11 heavy (non-hydrogen) atoms. The van der Waals surface area contributed by atoms with Crippen molar-refractivity contribution in [2.45, 2.75) is 5.25 Å². The highest BCUT2D eigenvalue weighted by Gasteiger charge is 2.15. The van der Waals surface area contributed by atoms with E-state index in [1.165, 1.54) is 5.57 Å². The van der Waals surface area contributed by atoms with E-state index >= 15 is 0 Å². The molecule has 2 rings (SSSR count). The molecule has 0 saturated carbocycles. The van der Waals surface area contributed by atoms with E-state index < -0.39 is 0 Å². The van der Waals surface area contributed by atoms with Crippen LogP contribution >= 0.6 is 11.8 Å². The van der Waals surface area contributed by atoms with Crippen molar-refractivity contribution in [2.24, 2.45) is 5.73 Å². The zero-order valence-electron chi connectivity index (χ0n) is 6.03. The molecule has 2 heteroatoms. The van der Waals surface area contributed by atoms with Crippen molar-refractivity contribution in [3.05, 3.63) is 47.1 Å².